The summed E-state index contributed by atoms with van der Waals surface area (Å²) in [5.41, 5.74) is 7.16. The van der Waals surface area contributed by atoms with E-state index in [1.165, 1.54) is 18.4 Å². The van der Waals surface area contributed by atoms with Crippen molar-refractivity contribution in [3.8, 4) is 5.88 Å². The van der Waals surface area contributed by atoms with Gasteiger partial charge in [-0.3, -0.25) is 4.79 Å². The third-order valence-electron chi connectivity index (χ3n) is 3.30. The van der Waals surface area contributed by atoms with Gasteiger partial charge in [0, 0.05) is 16.5 Å². The summed E-state index contributed by atoms with van der Waals surface area (Å²) >= 11 is 3.52. The molecule has 20 heavy (non-hydrogen) atoms. The first kappa shape index (κ1) is 15.0. The number of allylic oxidation sites excluding steroid dienone is 1. The van der Waals surface area contributed by atoms with Crippen molar-refractivity contribution in [2.45, 2.75) is 38.0 Å². The molecule has 1 fully saturated rings. The van der Waals surface area contributed by atoms with E-state index in [0.29, 0.717) is 18.2 Å². The molecule has 1 saturated carbocycles. The molecule has 1 aliphatic carbocycles. The van der Waals surface area contributed by atoms with Gasteiger partial charge in [-0.05, 0) is 53.6 Å². The lowest BCUT2D eigenvalue weighted by Gasteiger charge is -2.08. The molecule has 1 aromatic heterocycles. The standard InChI is InChI=1S/C15H19BrN2O2/c1-20-15-11(10-6-7-10)8-9-13(18-15)12(16)4-2-3-5-14(17)19/h4,8-10H,2-3,5-7H2,1H3,(H2,17,19)/b12-4-. The molecule has 0 aromatic carbocycles. The van der Waals surface area contributed by atoms with Gasteiger partial charge in [-0.1, -0.05) is 12.1 Å². The molecule has 4 nitrogen and oxygen atoms in total. The Labute approximate surface area is 127 Å². The predicted molar refractivity (Wildman–Crippen MR) is 82.7 cm³/mol. The molecule has 2 N–H and O–H groups in total. The first-order chi connectivity index (χ1) is 9.61. The molecule has 0 aliphatic heterocycles. The number of ether oxygens (including phenoxy) is 1. The van der Waals surface area contributed by atoms with E-state index in [4.69, 9.17) is 10.5 Å². The van der Waals surface area contributed by atoms with Crippen molar-refractivity contribution in [2.24, 2.45) is 5.73 Å². The van der Waals surface area contributed by atoms with E-state index in [-0.39, 0.29) is 5.91 Å². The number of carbonyl (C=O) groups is 1. The second kappa shape index (κ2) is 6.88. The average Bonchev–Trinajstić information content (AvgIpc) is 3.27. The van der Waals surface area contributed by atoms with Crippen LogP contribution in [-0.2, 0) is 4.79 Å². The monoisotopic (exact) mass is 338 g/mol. The maximum Gasteiger partial charge on any atom is 0.217 e. The van der Waals surface area contributed by atoms with Gasteiger partial charge in [-0.2, -0.15) is 0 Å². The van der Waals surface area contributed by atoms with Crippen molar-refractivity contribution < 1.29 is 9.53 Å². The lowest BCUT2D eigenvalue weighted by molar-refractivity contribution is -0.118. The molecule has 0 saturated heterocycles. The van der Waals surface area contributed by atoms with Gasteiger partial charge >= 0.3 is 0 Å². The lowest BCUT2D eigenvalue weighted by Crippen LogP contribution is -2.09. The number of nitrogens with zero attached hydrogens (tertiary/aromatic N) is 1. The number of aromatic nitrogens is 1. The Morgan fingerprint density at radius 1 is 1.55 bits per heavy atom. The third-order valence-corrected chi connectivity index (χ3v) is 4.03. The van der Waals surface area contributed by atoms with E-state index in [1.54, 1.807) is 7.11 Å². The quantitative estimate of drug-likeness (QED) is 0.775. The molecular formula is C15H19BrN2O2. The average molecular weight is 339 g/mol. The van der Waals surface area contributed by atoms with Gasteiger partial charge < -0.3 is 10.5 Å². The predicted octanol–water partition coefficient (Wildman–Crippen LogP) is 3.36. The molecular weight excluding hydrogens is 320 g/mol. The molecule has 1 aromatic rings. The summed E-state index contributed by atoms with van der Waals surface area (Å²) in [4.78, 5) is 15.2. The van der Waals surface area contributed by atoms with Gasteiger partial charge in [0.15, 0.2) is 0 Å². The molecule has 0 spiro atoms. The van der Waals surface area contributed by atoms with Gasteiger partial charge in [-0.15, -0.1) is 0 Å². The summed E-state index contributed by atoms with van der Waals surface area (Å²) in [6.07, 6.45) is 6.41. The number of pyridine rings is 1. The first-order valence-electron chi connectivity index (χ1n) is 6.81. The Morgan fingerprint density at radius 3 is 2.90 bits per heavy atom. The topological polar surface area (TPSA) is 65.2 Å². The van der Waals surface area contributed by atoms with Gasteiger partial charge in [0.25, 0.3) is 0 Å². The van der Waals surface area contributed by atoms with Gasteiger partial charge in [0.1, 0.15) is 0 Å². The molecule has 1 aliphatic rings. The highest BCUT2D eigenvalue weighted by Crippen LogP contribution is 2.44. The van der Waals surface area contributed by atoms with E-state index in [9.17, 15) is 4.79 Å². The van der Waals surface area contributed by atoms with Gasteiger partial charge in [-0.25, -0.2) is 4.98 Å². The molecule has 2 rings (SSSR count). The largest absolute Gasteiger partial charge is 0.481 e. The zero-order valence-corrected chi connectivity index (χ0v) is 13.1. The fourth-order valence-electron chi connectivity index (χ4n) is 2.06. The van der Waals surface area contributed by atoms with E-state index in [0.717, 1.165) is 23.0 Å². The Bertz CT molecular complexity index is 525. The highest BCUT2D eigenvalue weighted by atomic mass is 79.9. The number of amides is 1. The number of halogens is 1. The summed E-state index contributed by atoms with van der Waals surface area (Å²) in [5.74, 6) is 1.07. The Morgan fingerprint density at radius 2 is 2.30 bits per heavy atom. The third kappa shape index (κ3) is 4.07. The Hall–Kier alpha value is -1.36. The zero-order valence-electron chi connectivity index (χ0n) is 11.6. The molecule has 0 atom stereocenters. The zero-order chi connectivity index (χ0) is 14.5. The number of hydrogen-bond acceptors (Lipinski definition) is 3. The van der Waals surface area contributed by atoms with Crippen LogP contribution in [0.5, 0.6) is 5.88 Å². The summed E-state index contributed by atoms with van der Waals surface area (Å²) in [5, 5.41) is 0. The smallest absolute Gasteiger partial charge is 0.217 e. The van der Waals surface area contributed by atoms with Crippen LogP contribution in [0.25, 0.3) is 4.48 Å². The second-order valence-electron chi connectivity index (χ2n) is 4.98. The molecule has 0 radical (unpaired) electrons. The van der Waals surface area contributed by atoms with Crippen LogP contribution >= 0.6 is 15.9 Å². The highest BCUT2D eigenvalue weighted by Gasteiger charge is 2.27. The van der Waals surface area contributed by atoms with Crippen LogP contribution < -0.4 is 10.5 Å². The molecule has 108 valence electrons. The second-order valence-corrected chi connectivity index (χ2v) is 5.83. The fourth-order valence-corrected chi connectivity index (χ4v) is 2.51. The minimum atomic E-state index is -0.261. The molecule has 1 heterocycles. The van der Waals surface area contributed by atoms with E-state index in [1.807, 2.05) is 12.1 Å². The number of methoxy groups -OCH3 is 1. The van der Waals surface area contributed by atoms with Crippen LogP contribution in [-0.4, -0.2) is 18.0 Å². The number of unbranched alkanes of at least 4 members (excludes halogenated alkanes) is 1. The van der Waals surface area contributed by atoms with Crippen molar-refractivity contribution in [3.05, 3.63) is 29.5 Å². The molecule has 1 amide bonds. The van der Waals surface area contributed by atoms with Crippen LogP contribution in [0.1, 0.15) is 49.3 Å². The van der Waals surface area contributed by atoms with E-state index in [2.05, 4.69) is 27.0 Å². The Balaban J connectivity index is 2.03. The maximum atomic E-state index is 10.7. The number of rotatable bonds is 7. The maximum absolute atomic E-state index is 10.7. The number of nitrogens with two attached hydrogens (primary N) is 1. The SMILES string of the molecule is COc1nc(/C(Br)=C/CCCC(N)=O)ccc1C1CC1. The number of carbonyl (C=O) groups excluding carboxylic acids is 1. The van der Waals surface area contributed by atoms with Gasteiger partial charge in [0.05, 0.1) is 12.8 Å². The van der Waals surface area contributed by atoms with Crippen LogP contribution in [0, 0.1) is 0 Å². The van der Waals surface area contributed by atoms with Crippen LogP contribution in [0.3, 0.4) is 0 Å². The van der Waals surface area contributed by atoms with E-state index >= 15 is 0 Å². The van der Waals surface area contributed by atoms with Crippen molar-refractivity contribution in [1.29, 1.82) is 0 Å². The normalized spacial score (nSPS) is 15.2. The van der Waals surface area contributed by atoms with Crippen LogP contribution in [0.2, 0.25) is 0 Å². The Kier molecular flexibility index (Phi) is 5.17. The summed E-state index contributed by atoms with van der Waals surface area (Å²) < 4.78 is 6.29. The molecule has 0 bridgehead atoms. The van der Waals surface area contributed by atoms with E-state index < -0.39 is 0 Å². The molecule has 5 heteroatoms. The summed E-state index contributed by atoms with van der Waals surface area (Å²) in [6, 6.07) is 4.10. The van der Waals surface area contributed by atoms with Crippen molar-refractivity contribution in [3.63, 3.8) is 0 Å². The minimum absolute atomic E-state index is 0.261. The summed E-state index contributed by atoms with van der Waals surface area (Å²) in [6.45, 7) is 0. The summed E-state index contributed by atoms with van der Waals surface area (Å²) in [7, 11) is 1.66. The minimum Gasteiger partial charge on any atom is -0.481 e. The van der Waals surface area contributed by atoms with Crippen LogP contribution in [0.15, 0.2) is 18.2 Å². The molecule has 0 unspecified atom stereocenters. The first-order valence-corrected chi connectivity index (χ1v) is 7.60. The van der Waals surface area contributed by atoms with Crippen molar-refractivity contribution >= 4 is 26.3 Å². The van der Waals surface area contributed by atoms with Crippen LogP contribution in [0.4, 0.5) is 0 Å². The number of hydrogen-bond donors (Lipinski definition) is 1. The fraction of sp³-hybridized carbons (Fsp3) is 0.467. The lowest BCUT2D eigenvalue weighted by atomic mass is 10.1. The van der Waals surface area contributed by atoms with Crippen molar-refractivity contribution in [1.82, 2.24) is 4.98 Å². The van der Waals surface area contributed by atoms with Gasteiger partial charge in [0.2, 0.25) is 11.8 Å². The van der Waals surface area contributed by atoms with Crippen molar-refractivity contribution in [2.75, 3.05) is 7.11 Å². The highest BCUT2D eigenvalue weighted by molar-refractivity contribution is 9.15. The number of primary amides is 1.